The number of pyridine rings is 1. The van der Waals surface area contributed by atoms with Crippen molar-refractivity contribution < 1.29 is 9.53 Å². The fourth-order valence-corrected chi connectivity index (χ4v) is 1.75. The van der Waals surface area contributed by atoms with Crippen LogP contribution in [0.5, 0.6) is 0 Å². The predicted octanol–water partition coefficient (Wildman–Crippen LogP) is 1.20. The lowest BCUT2D eigenvalue weighted by Crippen LogP contribution is -2.08. The second-order valence-corrected chi connectivity index (χ2v) is 3.65. The van der Waals surface area contributed by atoms with E-state index in [1.54, 1.807) is 29.1 Å². The molecule has 0 amide bonds. The van der Waals surface area contributed by atoms with Crippen molar-refractivity contribution in [2.75, 3.05) is 12.8 Å². The third kappa shape index (κ3) is 1.92. The number of carbonyl (C=O) groups excluding carboxylic acids is 1. The third-order valence-corrected chi connectivity index (χ3v) is 2.60. The largest absolute Gasteiger partial charge is 0.464 e. The quantitative estimate of drug-likeness (QED) is 0.823. The van der Waals surface area contributed by atoms with Crippen LogP contribution in [-0.4, -0.2) is 27.6 Å². The molecular weight excluding hydrogens is 232 g/mol. The Kier molecular flexibility index (Phi) is 3.27. The zero-order valence-electron chi connectivity index (χ0n) is 10.3. The molecule has 94 valence electrons. The van der Waals surface area contributed by atoms with E-state index in [0.717, 1.165) is 5.69 Å². The summed E-state index contributed by atoms with van der Waals surface area (Å²) < 4.78 is 6.39. The van der Waals surface area contributed by atoms with Crippen LogP contribution in [0.3, 0.4) is 0 Å². The molecule has 0 aliphatic rings. The van der Waals surface area contributed by atoms with Gasteiger partial charge in [0.15, 0.2) is 5.69 Å². The number of methoxy groups -OCH3 is 1. The Bertz CT molecular complexity index is 563. The van der Waals surface area contributed by atoms with Gasteiger partial charge in [-0.25, -0.2) is 9.78 Å². The fraction of sp³-hybridized carbons (Fsp3) is 0.250. The minimum Gasteiger partial charge on any atom is -0.464 e. The molecule has 0 saturated heterocycles. The molecule has 2 aromatic rings. The molecule has 0 aromatic carbocycles. The molecule has 6 heteroatoms. The lowest BCUT2D eigenvalue weighted by molar-refractivity contribution is 0.0596. The van der Waals surface area contributed by atoms with Crippen LogP contribution in [0.25, 0.3) is 5.69 Å². The van der Waals surface area contributed by atoms with Crippen molar-refractivity contribution in [3.8, 4) is 5.69 Å². The smallest absolute Gasteiger partial charge is 0.360 e. The zero-order chi connectivity index (χ0) is 13.1. The van der Waals surface area contributed by atoms with Gasteiger partial charge in [0.1, 0.15) is 11.6 Å². The maximum Gasteiger partial charge on any atom is 0.360 e. The predicted molar refractivity (Wildman–Crippen MR) is 66.5 cm³/mol. The third-order valence-electron chi connectivity index (χ3n) is 2.60. The number of esters is 1. The molecular formula is C12H14N4O2. The lowest BCUT2D eigenvalue weighted by Gasteiger charge is -2.07. The van der Waals surface area contributed by atoms with Gasteiger partial charge < -0.3 is 10.5 Å². The molecule has 18 heavy (non-hydrogen) atoms. The molecule has 0 unspecified atom stereocenters. The maximum absolute atomic E-state index is 11.6. The average Bonchev–Trinajstić information content (AvgIpc) is 2.75. The second kappa shape index (κ2) is 4.87. The normalized spacial score (nSPS) is 10.3. The van der Waals surface area contributed by atoms with Gasteiger partial charge >= 0.3 is 5.97 Å². The maximum atomic E-state index is 11.6. The minimum atomic E-state index is -0.532. The Morgan fingerprint density at radius 3 is 2.67 bits per heavy atom. The number of aryl methyl sites for hydroxylation is 1. The molecule has 2 rings (SSSR count). The van der Waals surface area contributed by atoms with Crippen LogP contribution in [0.2, 0.25) is 0 Å². The van der Waals surface area contributed by atoms with Gasteiger partial charge in [0.2, 0.25) is 0 Å². The molecule has 2 heterocycles. The molecule has 2 aromatic heterocycles. The van der Waals surface area contributed by atoms with Gasteiger partial charge in [-0.15, -0.1) is 0 Å². The van der Waals surface area contributed by atoms with Crippen LogP contribution in [0.1, 0.15) is 23.2 Å². The highest BCUT2D eigenvalue weighted by molar-refractivity contribution is 5.92. The van der Waals surface area contributed by atoms with Gasteiger partial charge in [0.25, 0.3) is 0 Å². The van der Waals surface area contributed by atoms with E-state index in [9.17, 15) is 4.79 Å². The van der Waals surface area contributed by atoms with Crippen molar-refractivity contribution in [1.82, 2.24) is 14.5 Å². The first-order valence-corrected chi connectivity index (χ1v) is 5.54. The number of nitrogens with zero attached hydrogens (tertiary/aromatic N) is 3. The number of nitrogen functional groups attached to an aromatic ring is 1. The zero-order valence-corrected chi connectivity index (χ0v) is 10.3. The van der Waals surface area contributed by atoms with Crippen molar-refractivity contribution in [3.63, 3.8) is 0 Å². The molecule has 0 saturated carbocycles. The van der Waals surface area contributed by atoms with Crippen LogP contribution in [0, 0.1) is 0 Å². The van der Waals surface area contributed by atoms with E-state index in [1.807, 2.05) is 6.92 Å². The SMILES string of the molecule is CCc1nc(C(=O)OC)c(N)n1-c1ccncc1. The molecule has 0 spiro atoms. The van der Waals surface area contributed by atoms with Crippen LogP contribution in [0.15, 0.2) is 24.5 Å². The number of imidazole rings is 1. The summed E-state index contributed by atoms with van der Waals surface area (Å²) in [6.45, 7) is 1.94. The lowest BCUT2D eigenvalue weighted by atomic mass is 10.3. The number of hydrogen-bond acceptors (Lipinski definition) is 5. The van der Waals surface area contributed by atoms with E-state index < -0.39 is 5.97 Å². The number of carbonyl (C=O) groups is 1. The second-order valence-electron chi connectivity index (χ2n) is 3.65. The molecule has 0 radical (unpaired) electrons. The summed E-state index contributed by atoms with van der Waals surface area (Å²) in [6.07, 6.45) is 3.97. The summed E-state index contributed by atoms with van der Waals surface area (Å²) in [5.41, 5.74) is 6.93. The molecule has 0 atom stereocenters. The van der Waals surface area contributed by atoms with Crippen molar-refractivity contribution in [2.24, 2.45) is 0 Å². The molecule has 2 N–H and O–H groups in total. The highest BCUT2D eigenvalue weighted by atomic mass is 16.5. The van der Waals surface area contributed by atoms with E-state index in [2.05, 4.69) is 14.7 Å². The fourth-order valence-electron chi connectivity index (χ4n) is 1.75. The van der Waals surface area contributed by atoms with E-state index in [-0.39, 0.29) is 11.5 Å². The molecule has 0 fully saturated rings. The number of ether oxygens (including phenoxy) is 1. The highest BCUT2D eigenvalue weighted by Crippen LogP contribution is 2.21. The van der Waals surface area contributed by atoms with E-state index in [1.165, 1.54) is 7.11 Å². The number of anilines is 1. The van der Waals surface area contributed by atoms with Gasteiger partial charge in [0.05, 0.1) is 12.8 Å². The molecule has 0 bridgehead atoms. The van der Waals surface area contributed by atoms with Crippen LogP contribution < -0.4 is 5.73 Å². The molecule has 0 aliphatic carbocycles. The Labute approximate surface area is 104 Å². The Balaban J connectivity index is 2.60. The van der Waals surface area contributed by atoms with Gasteiger partial charge in [0, 0.05) is 18.8 Å². The van der Waals surface area contributed by atoms with Gasteiger partial charge in [-0.05, 0) is 12.1 Å². The number of aromatic nitrogens is 3. The van der Waals surface area contributed by atoms with Crippen molar-refractivity contribution >= 4 is 11.8 Å². The van der Waals surface area contributed by atoms with Gasteiger partial charge in [-0.2, -0.15) is 0 Å². The summed E-state index contributed by atoms with van der Waals surface area (Å²) in [5.74, 6) is 0.457. The van der Waals surface area contributed by atoms with E-state index in [0.29, 0.717) is 12.2 Å². The van der Waals surface area contributed by atoms with Crippen molar-refractivity contribution in [2.45, 2.75) is 13.3 Å². The van der Waals surface area contributed by atoms with E-state index in [4.69, 9.17) is 5.73 Å². The number of hydrogen-bond donors (Lipinski definition) is 1. The average molecular weight is 246 g/mol. The van der Waals surface area contributed by atoms with Crippen molar-refractivity contribution in [3.05, 3.63) is 36.0 Å². The van der Waals surface area contributed by atoms with Gasteiger partial charge in [-0.1, -0.05) is 6.92 Å². The summed E-state index contributed by atoms with van der Waals surface area (Å²) in [4.78, 5) is 19.7. The standard InChI is InChI=1S/C12H14N4O2/c1-3-9-15-10(12(17)18-2)11(13)16(9)8-4-6-14-7-5-8/h4-7H,3,13H2,1-2H3. The Morgan fingerprint density at radius 1 is 1.44 bits per heavy atom. The first kappa shape index (κ1) is 12.1. The molecule has 0 aliphatic heterocycles. The summed E-state index contributed by atoms with van der Waals surface area (Å²) in [7, 11) is 1.30. The summed E-state index contributed by atoms with van der Waals surface area (Å²) >= 11 is 0. The number of nitrogens with two attached hydrogens (primary N) is 1. The van der Waals surface area contributed by atoms with Gasteiger partial charge in [-0.3, -0.25) is 9.55 Å². The van der Waals surface area contributed by atoms with E-state index >= 15 is 0 Å². The van der Waals surface area contributed by atoms with Crippen LogP contribution >= 0.6 is 0 Å². The number of rotatable bonds is 3. The molecule has 6 nitrogen and oxygen atoms in total. The Morgan fingerprint density at radius 2 is 2.11 bits per heavy atom. The Hall–Kier alpha value is -2.37. The summed E-state index contributed by atoms with van der Waals surface area (Å²) in [6, 6.07) is 3.61. The van der Waals surface area contributed by atoms with Crippen molar-refractivity contribution in [1.29, 1.82) is 0 Å². The highest BCUT2D eigenvalue weighted by Gasteiger charge is 2.20. The van der Waals surface area contributed by atoms with Crippen LogP contribution in [0.4, 0.5) is 5.82 Å². The summed E-state index contributed by atoms with van der Waals surface area (Å²) in [5, 5.41) is 0. The minimum absolute atomic E-state index is 0.145. The topological polar surface area (TPSA) is 83.0 Å². The van der Waals surface area contributed by atoms with Crippen LogP contribution in [-0.2, 0) is 11.2 Å². The first-order valence-electron chi connectivity index (χ1n) is 5.54. The monoisotopic (exact) mass is 246 g/mol. The first-order chi connectivity index (χ1) is 8.69.